The van der Waals surface area contributed by atoms with Crippen molar-refractivity contribution in [3.8, 4) is 0 Å². The summed E-state index contributed by atoms with van der Waals surface area (Å²) in [5, 5.41) is 1.04. The molecular formula is C22H32N4OS. The minimum absolute atomic E-state index is 0.305. The molecule has 1 saturated carbocycles. The molecule has 4 rings (SSSR count). The SMILES string of the molecule is CN=C1SC2=C(N=CN(C3CCCCC3)C23CO3)/C1=C(/C=C/C(C)C)N(C)C. The monoisotopic (exact) mass is 400 g/mol. The van der Waals surface area contributed by atoms with E-state index in [4.69, 9.17) is 9.73 Å². The molecule has 3 aliphatic heterocycles. The van der Waals surface area contributed by atoms with Crippen LogP contribution in [0.2, 0.25) is 0 Å². The van der Waals surface area contributed by atoms with Crippen LogP contribution in [-0.4, -0.2) is 60.7 Å². The van der Waals surface area contributed by atoms with Crippen LogP contribution in [0.1, 0.15) is 46.0 Å². The van der Waals surface area contributed by atoms with Gasteiger partial charge in [-0.1, -0.05) is 50.9 Å². The number of allylic oxidation sites excluding steroid dienone is 3. The number of epoxide rings is 1. The molecule has 28 heavy (non-hydrogen) atoms. The van der Waals surface area contributed by atoms with Gasteiger partial charge in [-0.3, -0.25) is 4.99 Å². The van der Waals surface area contributed by atoms with Gasteiger partial charge in [0.05, 0.1) is 22.5 Å². The molecule has 0 bridgehead atoms. The van der Waals surface area contributed by atoms with Gasteiger partial charge >= 0.3 is 0 Å². The van der Waals surface area contributed by atoms with Crippen LogP contribution in [0, 0.1) is 5.92 Å². The van der Waals surface area contributed by atoms with Gasteiger partial charge in [0, 0.05) is 32.9 Å². The Morgan fingerprint density at radius 3 is 2.64 bits per heavy atom. The van der Waals surface area contributed by atoms with Crippen LogP contribution >= 0.6 is 11.8 Å². The molecule has 5 nitrogen and oxygen atoms in total. The lowest BCUT2D eigenvalue weighted by atomic mass is 9.93. The predicted octanol–water partition coefficient (Wildman–Crippen LogP) is 4.40. The van der Waals surface area contributed by atoms with E-state index >= 15 is 0 Å². The summed E-state index contributed by atoms with van der Waals surface area (Å²) >= 11 is 1.75. The van der Waals surface area contributed by atoms with Crippen molar-refractivity contribution in [1.29, 1.82) is 0 Å². The Morgan fingerprint density at radius 1 is 1.36 bits per heavy atom. The molecule has 0 amide bonds. The number of thioether (sulfide) groups is 1. The largest absolute Gasteiger partial charge is 0.377 e. The fraction of sp³-hybridized carbons (Fsp3) is 0.636. The fourth-order valence-corrected chi connectivity index (χ4v) is 5.58. The Balaban J connectivity index is 1.76. The highest BCUT2D eigenvalue weighted by molar-refractivity contribution is 8.18. The van der Waals surface area contributed by atoms with E-state index in [9.17, 15) is 0 Å². The number of likely N-dealkylation sites (N-methyl/N-ethyl adjacent to an activating group) is 1. The Kier molecular flexibility index (Phi) is 5.45. The van der Waals surface area contributed by atoms with Gasteiger partial charge < -0.3 is 14.5 Å². The van der Waals surface area contributed by atoms with E-state index in [0.717, 1.165) is 28.6 Å². The van der Waals surface area contributed by atoms with Gasteiger partial charge in [0.2, 0.25) is 5.72 Å². The average Bonchev–Trinajstić information content (AvgIpc) is 3.36. The van der Waals surface area contributed by atoms with Crippen LogP contribution in [-0.2, 0) is 4.74 Å². The van der Waals surface area contributed by atoms with Crippen molar-refractivity contribution in [1.82, 2.24) is 9.80 Å². The topological polar surface area (TPSA) is 43.7 Å². The second-order valence-electron chi connectivity index (χ2n) is 8.58. The summed E-state index contributed by atoms with van der Waals surface area (Å²) in [5.41, 5.74) is 3.04. The maximum Gasteiger partial charge on any atom is 0.200 e. The zero-order valence-corrected chi connectivity index (χ0v) is 18.6. The van der Waals surface area contributed by atoms with E-state index < -0.39 is 0 Å². The lowest BCUT2D eigenvalue weighted by Crippen LogP contribution is -2.48. The van der Waals surface area contributed by atoms with Crippen molar-refractivity contribution in [3.63, 3.8) is 0 Å². The standard InChI is InChI=1S/C22H32N4OS/c1-15(2)11-12-17(25(4)5)18-19-20(28-21(18)23-3)22(13-27-22)26(14-24-19)16-9-7-6-8-10-16/h11-12,14-16H,6-10,13H2,1-5H3/b12-11+,18-17+,23-21?. The number of ether oxygens (including phenoxy) is 1. The quantitative estimate of drug-likeness (QED) is 0.656. The summed E-state index contributed by atoms with van der Waals surface area (Å²) in [5.74, 6) is 0.495. The van der Waals surface area contributed by atoms with Crippen molar-refractivity contribution in [2.45, 2.75) is 57.7 Å². The van der Waals surface area contributed by atoms with Crippen LogP contribution in [0.3, 0.4) is 0 Å². The van der Waals surface area contributed by atoms with Crippen molar-refractivity contribution < 1.29 is 4.74 Å². The van der Waals surface area contributed by atoms with Gasteiger partial charge in [-0.2, -0.15) is 0 Å². The van der Waals surface area contributed by atoms with Gasteiger partial charge in [0.1, 0.15) is 11.7 Å². The molecule has 2 fully saturated rings. The number of hydrogen-bond acceptors (Lipinski definition) is 6. The second kappa shape index (κ2) is 7.71. The maximum atomic E-state index is 6.14. The minimum atomic E-state index is -0.305. The first-order valence-electron chi connectivity index (χ1n) is 10.4. The summed E-state index contributed by atoms with van der Waals surface area (Å²) in [6.07, 6.45) is 13.0. The van der Waals surface area contributed by atoms with E-state index in [2.05, 4.69) is 61.2 Å². The number of rotatable bonds is 4. The van der Waals surface area contributed by atoms with Crippen molar-refractivity contribution in [2.24, 2.45) is 15.9 Å². The molecule has 0 N–H and O–H groups in total. The van der Waals surface area contributed by atoms with E-state index in [-0.39, 0.29) is 5.72 Å². The summed E-state index contributed by atoms with van der Waals surface area (Å²) in [7, 11) is 6.06. The first kappa shape index (κ1) is 19.8. The highest BCUT2D eigenvalue weighted by Gasteiger charge is 2.60. The van der Waals surface area contributed by atoms with Gasteiger partial charge in [-0.05, 0) is 24.8 Å². The van der Waals surface area contributed by atoms with E-state index in [1.165, 1.54) is 37.0 Å². The van der Waals surface area contributed by atoms with Gasteiger partial charge in [-0.25, -0.2) is 4.99 Å². The highest BCUT2D eigenvalue weighted by atomic mass is 32.2. The smallest absolute Gasteiger partial charge is 0.200 e. The number of nitrogens with zero attached hydrogens (tertiary/aromatic N) is 4. The molecule has 1 aliphatic carbocycles. The zero-order valence-electron chi connectivity index (χ0n) is 17.7. The summed E-state index contributed by atoms with van der Waals surface area (Å²) in [6, 6.07) is 0.541. The lowest BCUT2D eigenvalue weighted by Gasteiger charge is -2.39. The number of aliphatic imine (C=N–C) groups is 2. The van der Waals surface area contributed by atoms with E-state index in [0.29, 0.717) is 12.0 Å². The third-order valence-electron chi connectivity index (χ3n) is 5.91. The Morgan fingerprint density at radius 2 is 2.07 bits per heavy atom. The Labute approximate surface area is 173 Å². The zero-order chi connectivity index (χ0) is 19.9. The second-order valence-corrected chi connectivity index (χ2v) is 9.58. The Bertz CT molecular complexity index is 780. The molecule has 4 aliphatic rings. The molecular weight excluding hydrogens is 368 g/mol. The molecule has 0 radical (unpaired) electrons. The van der Waals surface area contributed by atoms with Gasteiger partial charge in [0.25, 0.3) is 0 Å². The molecule has 0 aromatic carbocycles. The summed E-state index contributed by atoms with van der Waals surface area (Å²) < 4.78 is 6.14. The molecule has 0 aromatic rings. The van der Waals surface area contributed by atoms with Crippen LogP contribution in [0.15, 0.2) is 44.0 Å². The van der Waals surface area contributed by atoms with Crippen LogP contribution < -0.4 is 0 Å². The maximum absolute atomic E-state index is 6.14. The predicted molar refractivity (Wildman–Crippen MR) is 119 cm³/mol. The minimum Gasteiger partial charge on any atom is -0.377 e. The van der Waals surface area contributed by atoms with Crippen molar-refractivity contribution >= 4 is 23.1 Å². The molecule has 1 saturated heterocycles. The fourth-order valence-electron chi connectivity index (χ4n) is 4.35. The van der Waals surface area contributed by atoms with Crippen molar-refractivity contribution in [2.75, 3.05) is 27.7 Å². The molecule has 0 aromatic heterocycles. The highest BCUT2D eigenvalue weighted by Crippen LogP contribution is 2.55. The summed E-state index contributed by atoms with van der Waals surface area (Å²) in [6.45, 7) is 5.15. The average molecular weight is 401 g/mol. The van der Waals surface area contributed by atoms with Crippen LogP contribution in [0.25, 0.3) is 0 Å². The summed E-state index contributed by atoms with van der Waals surface area (Å²) in [4.78, 5) is 15.4. The normalized spacial score (nSPS) is 30.9. The van der Waals surface area contributed by atoms with Crippen LogP contribution in [0.5, 0.6) is 0 Å². The first-order chi connectivity index (χ1) is 13.5. The number of hydrogen-bond donors (Lipinski definition) is 0. The lowest BCUT2D eigenvalue weighted by molar-refractivity contribution is 0.123. The van der Waals surface area contributed by atoms with Gasteiger partial charge in [-0.15, -0.1) is 0 Å². The third kappa shape index (κ3) is 3.35. The van der Waals surface area contributed by atoms with Crippen LogP contribution in [0.4, 0.5) is 0 Å². The first-order valence-corrected chi connectivity index (χ1v) is 11.3. The van der Waals surface area contributed by atoms with E-state index in [1.807, 2.05) is 7.05 Å². The third-order valence-corrected chi connectivity index (χ3v) is 7.21. The molecule has 152 valence electrons. The molecule has 3 heterocycles. The van der Waals surface area contributed by atoms with Crippen molar-refractivity contribution in [3.05, 3.63) is 34.0 Å². The molecule has 1 atom stereocenters. The van der Waals surface area contributed by atoms with E-state index in [1.54, 1.807) is 11.8 Å². The number of fused-ring (bicyclic) bond motifs is 1. The molecule has 1 unspecified atom stereocenters. The van der Waals surface area contributed by atoms with Gasteiger partial charge in [0.15, 0.2) is 0 Å². The molecule has 1 spiro atoms. The Hall–Kier alpha value is -1.53. The molecule has 6 heteroatoms.